The van der Waals surface area contributed by atoms with Crippen molar-refractivity contribution in [3.8, 4) is 0 Å². The van der Waals surface area contributed by atoms with Gasteiger partial charge in [-0.15, -0.1) is 5.10 Å². The second-order valence-corrected chi connectivity index (χ2v) is 6.95. The number of aromatic nitrogens is 3. The van der Waals surface area contributed by atoms with Crippen LogP contribution in [0.1, 0.15) is 17.9 Å². The fourth-order valence-electron chi connectivity index (χ4n) is 3.77. The molecule has 1 aliphatic rings. The summed E-state index contributed by atoms with van der Waals surface area (Å²) in [4.78, 5) is 38.2. The molecule has 1 fully saturated rings. The molecule has 1 N–H and O–H groups in total. The van der Waals surface area contributed by atoms with E-state index >= 15 is 0 Å². The first kappa shape index (κ1) is 18.0. The number of carbonyl (C=O) groups is 2. The van der Waals surface area contributed by atoms with Crippen molar-refractivity contribution < 1.29 is 14.7 Å². The number of fused-ring (bicyclic) bond motifs is 1. The summed E-state index contributed by atoms with van der Waals surface area (Å²) in [6.07, 6.45) is 1.73. The molecule has 144 valence electrons. The molecule has 0 bridgehead atoms. The first-order valence-corrected chi connectivity index (χ1v) is 9.14. The minimum atomic E-state index is -0.902. The van der Waals surface area contributed by atoms with Crippen molar-refractivity contribution >= 4 is 17.5 Å². The van der Waals surface area contributed by atoms with Crippen LogP contribution in [0.25, 0.3) is 5.65 Å². The lowest BCUT2D eigenvalue weighted by Gasteiger charge is -2.16. The van der Waals surface area contributed by atoms with Crippen LogP contribution in [0.15, 0.2) is 59.5 Å². The molecule has 0 spiro atoms. The van der Waals surface area contributed by atoms with Crippen LogP contribution in [0.2, 0.25) is 0 Å². The third-order valence-corrected chi connectivity index (χ3v) is 5.24. The monoisotopic (exact) mass is 380 g/mol. The van der Waals surface area contributed by atoms with E-state index in [2.05, 4.69) is 5.10 Å². The van der Waals surface area contributed by atoms with Gasteiger partial charge in [0.2, 0.25) is 5.91 Å². The van der Waals surface area contributed by atoms with E-state index in [1.165, 1.54) is 9.08 Å². The number of nitrogens with zero attached hydrogens (tertiary/aromatic N) is 4. The molecular formula is C20H20N4O4. The van der Waals surface area contributed by atoms with Crippen LogP contribution in [-0.4, -0.2) is 49.2 Å². The van der Waals surface area contributed by atoms with Gasteiger partial charge in [0, 0.05) is 31.6 Å². The van der Waals surface area contributed by atoms with Crippen molar-refractivity contribution in [3.05, 3.63) is 70.8 Å². The Kier molecular flexibility index (Phi) is 4.68. The molecule has 0 saturated carbocycles. The molecule has 2 atom stereocenters. The summed E-state index contributed by atoms with van der Waals surface area (Å²) in [5.41, 5.74) is 1.15. The zero-order valence-electron chi connectivity index (χ0n) is 15.1. The minimum absolute atomic E-state index is 0.0949. The molecule has 1 aromatic carbocycles. The Morgan fingerprint density at radius 3 is 2.54 bits per heavy atom. The first-order valence-electron chi connectivity index (χ1n) is 9.14. The number of aryl methyl sites for hydroxylation is 1. The van der Waals surface area contributed by atoms with Crippen LogP contribution in [0, 0.1) is 5.92 Å². The van der Waals surface area contributed by atoms with Gasteiger partial charge in [-0.2, -0.15) is 0 Å². The normalized spacial score (nSPS) is 19.2. The molecule has 0 aliphatic carbocycles. The highest BCUT2D eigenvalue weighted by Gasteiger charge is 2.40. The molecule has 3 aromatic rings. The Morgan fingerprint density at radius 1 is 1.07 bits per heavy atom. The summed E-state index contributed by atoms with van der Waals surface area (Å²) < 4.78 is 2.69. The molecule has 1 saturated heterocycles. The van der Waals surface area contributed by atoms with Gasteiger partial charge in [0.1, 0.15) is 0 Å². The topological polar surface area (TPSA) is 96.9 Å². The second-order valence-electron chi connectivity index (χ2n) is 6.95. The average Bonchev–Trinajstić information content (AvgIpc) is 3.29. The van der Waals surface area contributed by atoms with Crippen LogP contribution in [0.3, 0.4) is 0 Å². The number of carbonyl (C=O) groups excluding carboxylic acids is 1. The number of pyridine rings is 1. The van der Waals surface area contributed by atoms with Gasteiger partial charge in [0.15, 0.2) is 5.65 Å². The van der Waals surface area contributed by atoms with Crippen molar-refractivity contribution in [2.45, 2.75) is 18.9 Å². The molecule has 1 aliphatic heterocycles. The van der Waals surface area contributed by atoms with E-state index in [0.29, 0.717) is 12.2 Å². The molecule has 4 rings (SSSR count). The zero-order chi connectivity index (χ0) is 19.7. The minimum Gasteiger partial charge on any atom is -0.481 e. The number of carboxylic acids is 1. The van der Waals surface area contributed by atoms with E-state index in [4.69, 9.17) is 0 Å². The van der Waals surface area contributed by atoms with Crippen LogP contribution >= 0.6 is 0 Å². The smallest absolute Gasteiger partial charge is 0.350 e. The lowest BCUT2D eigenvalue weighted by atomic mass is 9.89. The van der Waals surface area contributed by atoms with Crippen LogP contribution in [-0.2, 0) is 16.1 Å². The van der Waals surface area contributed by atoms with Gasteiger partial charge in [0.05, 0.1) is 12.5 Å². The largest absolute Gasteiger partial charge is 0.481 e. The number of carboxylic acid groups (broad SMARTS) is 1. The van der Waals surface area contributed by atoms with E-state index in [1.807, 2.05) is 30.3 Å². The van der Waals surface area contributed by atoms with Crippen molar-refractivity contribution in [2.75, 3.05) is 13.1 Å². The molecule has 1 amide bonds. The molecule has 28 heavy (non-hydrogen) atoms. The van der Waals surface area contributed by atoms with Crippen molar-refractivity contribution in [3.63, 3.8) is 0 Å². The van der Waals surface area contributed by atoms with Gasteiger partial charge < -0.3 is 10.0 Å². The number of hydrogen-bond donors (Lipinski definition) is 1. The lowest BCUT2D eigenvalue weighted by molar-refractivity contribution is -0.141. The Bertz CT molecular complexity index is 1070. The quantitative estimate of drug-likeness (QED) is 0.718. The highest BCUT2D eigenvalue weighted by molar-refractivity contribution is 5.79. The molecule has 0 unspecified atom stereocenters. The van der Waals surface area contributed by atoms with Gasteiger partial charge in [0.25, 0.3) is 0 Å². The number of rotatable bonds is 5. The number of hydrogen-bond acceptors (Lipinski definition) is 4. The van der Waals surface area contributed by atoms with Crippen LogP contribution < -0.4 is 5.69 Å². The van der Waals surface area contributed by atoms with E-state index in [9.17, 15) is 19.5 Å². The summed E-state index contributed by atoms with van der Waals surface area (Å²) >= 11 is 0. The Balaban J connectivity index is 1.46. The highest BCUT2D eigenvalue weighted by atomic mass is 16.4. The van der Waals surface area contributed by atoms with E-state index < -0.39 is 11.9 Å². The van der Waals surface area contributed by atoms with Crippen LogP contribution in [0.5, 0.6) is 0 Å². The van der Waals surface area contributed by atoms with E-state index in [0.717, 1.165) is 5.56 Å². The van der Waals surface area contributed by atoms with Gasteiger partial charge in [-0.05, 0) is 17.7 Å². The second kappa shape index (κ2) is 7.30. The Morgan fingerprint density at radius 2 is 1.82 bits per heavy atom. The SMILES string of the molecule is O=C(O)[C@@H]1CN(C(=O)CCn2nc3ccccn3c2=O)C[C@@H]1c1ccccc1. The summed E-state index contributed by atoms with van der Waals surface area (Å²) in [6, 6.07) is 14.7. The fraction of sp³-hybridized carbons (Fsp3) is 0.300. The number of aliphatic carboxylic acids is 1. The number of likely N-dealkylation sites (tertiary alicyclic amines) is 1. The van der Waals surface area contributed by atoms with E-state index in [1.54, 1.807) is 29.3 Å². The van der Waals surface area contributed by atoms with Gasteiger partial charge in [-0.3, -0.25) is 14.0 Å². The van der Waals surface area contributed by atoms with Gasteiger partial charge >= 0.3 is 11.7 Å². The van der Waals surface area contributed by atoms with Crippen LogP contribution in [0.4, 0.5) is 0 Å². The number of benzene rings is 1. The summed E-state index contributed by atoms with van der Waals surface area (Å²) in [6.45, 7) is 0.692. The molecule has 0 radical (unpaired) electrons. The standard InChI is InChI=1S/C20H20N4O4/c25-18(9-11-24-20(28)23-10-5-4-8-17(23)21-24)22-12-15(16(13-22)19(26)27)14-6-2-1-3-7-14/h1-8,10,15-16H,9,11-13H2,(H,26,27)/t15-,16-/m1/s1. The van der Waals surface area contributed by atoms with Crippen molar-refractivity contribution in [1.29, 1.82) is 0 Å². The summed E-state index contributed by atoms with van der Waals surface area (Å²) in [5.74, 6) is -1.95. The third kappa shape index (κ3) is 3.28. The summed E-state index contributed by atoms with van der Waals surface area (Å²) in [5, 5.41) is 13.8. The van der Waals surface area contributed by atoms with Gasteiger partial charge in [-0.25, -0.2) is 9.48 Å². The maximum Gasteiger partial charge on any atom is 0.350 e. The zero-order valence-corrected chi connectivity index (χ0v) is 15.1. The molecule has 2 aromatic heterocycles. The molecule has 3 heterocycles. The molecule has 8 heteroatoms. The molecular weight excluding hydrogens is 360 g/mol. The third-order valence-electron chi connectivity index (χ3n) is 5.24. The van der Waals surface area contributed by atoms with Crippen molar-refractivity contribution in [1.82, 2.24) is 19.1 Å². The highest BCUT2D eigenvalue weighted by Crippen LogP contribution is 2.33. The predicted octanol–water partition coefficient (Wildman–Crippen LogP) is 1.21. The van der Waals surface area contributed by atoms with Gasteiger partial charge in [-0.1, -0.05) is 36.4 Å². The Hall–Kier alpha value is -3.42. The average molecular weight is 380 g/mol. The molecule has 8 nitrogen and oxygen atoms in total. The van der Waals surface area contributed by atoms with Crippen molar-refractivity contribution in [2.24, 2.45) is 5.92 Å². The first-order chi connectivity index (χ1) is 13.5. The fourth-order valence-corrected chi connectivity index (χ4v) is 3.77. The Labute approximate surface area is 160 Å². The predicted molar refractivity (Wildman–Crippen MR) is 101 cm³/mol. The maximum absolute atomic E-state index is 12.7. The number of amides is 1. The maximum atomic E-state index is 12.7. The lowest BCUT2D eigenvalue weighted by Crippen LogP contribution is -2.32. The summed E-state index contributed by atoms with van der Waals surface area (Å²) in [7, 11) is 0. The van der Waals surface area contributed by atoms with E-state index in [-0.39, 0.29) is 37.0 Å².